The molecular weight excluding hydrogens is 450 g/mol. The monoisotopic (exact) mass is 468 g/mol. The summed E-state index contributed by atoms with van der Waals surface area (Å²) in [6, 6.07) is 16.9. The van der Waals surface area contributed by atoms with Gasteiger partial charge in [0.15, 0.2) is 0 Å². The molecule has 4 heterocycles. The maximum atomic E-state index is 13.3. The number of aromatic nitrogens is 7. The normalized spacial score (nSPS) is 14.9. The fourth-order valence-electron chi connectivity index (χ4n) is 4.56. The lowest BCUT2D eigenvalue weighted by Crippen LogP contribution is -2.23. The molecule has 0 fully saturated rings. The zero-order valence-electron chi connectivity index (χ0n) is 18.0. The second-order valence-electron chi connectivity index (χ2n) is 8.29. The Morgan fingerprint density at radius 1 is 1.06 bits per heavy atom. The Morgan fingerprint density at radius 2 is 1.91 bits per heavy atom. The minimum atomic E-state index is -0.143. The Balaban J connectivity index is 1.39. The summed E-state index contributed by atoms with van der Waals surface area (Å²) in [4.78, 5) is 21.3. The highest BCUT2D eigenvalue weighted by atomic mass is 35.5. The van der Waals surface area contributed by atoms with E-state index in [0.717, 1.165) is 58.0 Å². The third-order valence-corrected chi connectivity index (χ3v) is 6.41. The first-order valence-corrected chi connectivity index (χ1v) is 11.2. The maximum Gasteiger partial charge on any atom is 0.252 e. The van der Waals surface area contributed by atoms with Crippen molar-refractivity contribution >= 4 is 11.6 Å². The van der Waals surface area contributed by atoms with Gasteiger partial charge in [0.2, 0.25) is 0 Å². The number of benzene rings is 2. The number of nitrogens with zero attached hydrogens (tertiary/aromatic N) is 6. The number of pyridine rings is 1. The van der Waals surface area contributed by atoms with E-state index in [1.54, 1.807) is 16.8 Å². The van der Waals surface area contributed by atoms with Crippen molar-refractivity contribution in [1.29, 1.82) is 0 Å². The quantitative estimate of drug-likeness (QED) is 0.425. The van der Waals surface area contributed by atoms with Crippen LogP contribution in [0.25, 0.3) is 28.1 Å². The minimum Gasteiger partial charge on any atom is -0.340 e. The molecule has 8 nitrogen and oxygen atoms in total. The number of halogens is 1. The van der Waals surface area contributed by atoms with E-state index in [2.05, 4.69) is 32.4 Å². The first-order chi connectivity index (χ1) is 16.6. The van der Waals surface area contributed by atoms with Crippen LogP contribution in [0, 0.1) is 6.92 Å². The summed E-state index contributed by atoms with van der Waals surface area (Å²) in [7, 11) is 0. The highest BCUT2D eigenvalue weighted by molar-refractivity contribution is 6.31. The van der Waals surface area contributed by atoms with Crippen LogP contribution in [-0.2, 0) is 6.42 Å². The van der Waals surface area contributed by atoms with Crippen LogP contribution in [0.1, 0.15) is 29.5 Å². The van der Waals surface area contributed by atoms with Gasteiger partial charge in [-0.25, -0.2) is 4.98 Å². The molecule has 3 aromatic heterocycles. The van der Waals surface area contributed by atoms with E-state index in [0.29, 0.717) is 5.02 Å². The Bertz CT molecular complexity index is 1550. The molecule has 1 radical (unpaired) electrons. The summed E-state index contributed by atoms with van der Waals surface area (Å²) in [5, 5.41) is 12.0. The van der Waals surface area contributed by atoms with E-state index >= 15 is 0 Å². The van der Waals surface area contributed by atoms with Gasteiger partial charge in [-0.2, -0.15) is 4.68 Å². The number of rotatable bonds is 4. The van der Waals surface area contributed by atoms with Crippen molar-refractivity contribution in [3.05, 3.63) is 107 Å². The number of nitrogens with one attached hydrogen (secondary N) is 1. The van der Waals surface area contributed by atoms with Crippen molar-refractivity contribution in [2.45, 2.75) is 18.9 Å². The molecule has 1 N–H and O–H groups in total. The van der Waals surface area contributed by atoms with Gasteiger partial charge in [0.05, 0.1) is 23.6 Å². The molecule has 1 aliphatic rings. The predicted molar refractivity (Wildman–Crippen MR) is 129 cm³/mol. The zero-order chi connectivity index (χ0) is 23.2. The minimum absolute atomic E-state index is 0.0861. The molecule has 1 aliphatic heterocycles. The van der Waals surface area contributed by atoms with Crippen molar-refractivity contribution in [3.63, 3.8) is 0 Å². The van der Waals surface area contributed by atoms with Crippen molar-refractivity contribution < 1.29 is 0 Å². The number of hydrogen-bond acceptors (Lipinski definition) is 5. The van der Waals surface area contributed by atoms with Gasteiger partial charge in [-0.05, 0) is 71.1 Å². The van der Waals surface area contributed by atoms with Gasteiger partial charge in [-0.1, -0.05) is 35.9 Å². The van der Waals surface area contributed by atoms with E-state index in [-0.39, 0.29) is 11.6 Å². The Labute approximate surface area is 199 Å². The average Bonchev–Trinajstić information content (AvgIpc) is 3.60. The second-order valence-corrected chi connectivity index (χ2v) is 8.73. The number of aromatic amines is 1. The van der Waals surface area contributed by atoms with Crippen molar-refractivity contribution in [3.8, 4) is 28.1 Å². The largest absolute Gasteiger partial charge is 0.340 e. The van der Waals surface area contributed by atoms with Crippen LogP contribution >= 0.6 is 11.6 Å². The van der Waals surface area contributed by atoms with Crippen LogP contribution in [-0.4, -0.2) is 34.7 Å². The smallest absolute Gasteiger partial charge is 0.252 e. The molecule has 0 amide bonds. The highest BCUT2D eigenvalue weighted by Crippen LogP contribution is 2.34. The lowest BCUT2D eigenvalue weighted by Gasteiger charge is -2.15. The van der Waals surface area contributed by atoms with E-state index < -0.39 is 0 Å². The molecule has 167 valence electrons. The number of fused-ring (bicyclic) bond motifs is 1. The molecule has 0 saturated carbocycles. The first-order valence-electron chi connectivity index (χ1n) is 10.8. The summed E-state index contributed by atoms with van der Waals surface area (Å²) in [6.07, 6.45) is 4.89. The first kappa shape index (κ1) is 20.6. The van der Waals surface area contributed by atoms with Crippen LogP contribution in [0.15, 0.2) is 71.9 Å². The fourth-order valence-corrected chi connectivity index (χ4v) is 4.73. The molecular formula is C25H19ClN7O. The lowest BCUT2D eigenvalue weighted by atomic mass is 10.0. The summed E-state index contributed by atoms with van der Waals surface area (Å²) < 4.78 is 3.39. The average molecular weight is 469 g/mol. The Morgan fingerprint density at radius 3 is 2.71 bits per heavy atom. The molecule has 0 bridgehead atoms. The zero-order valence-corrected chi connectivity index (χ0v) is 18.8. The van der Waals surface area contributed by atoms with Crippen LogP contribution in [0.5, 0.6) is 0 Å². The fraction of sp³-hybridized carbons (Fsp3) is 0.120. The molecule has 0 unspecified atom stereocenters. The summed E-state index contributed by atoms with van der Waals surface area (Å²) in [6.45, 7) is 3.93. The topological polar surface area (TPSA) is 94.3 Å². The summed E-state index contributed by atoms with van der Waals surface area (Å²) >= 11 is 6.29. The molecule has 6 rings (SSSR count). The maximum absolute atomic E-state index is 13.3. The third kappa shape index (κ3) is 3.52. The van der Waals surface area contributed by atoms with Gasteiger partial charge in [0, 0.05) is 22.3 Å². The predicted octanol–water partition coefficient (Wildman–Crippen LogP) is 4.25. The van der Waals surface area contributed by atoms with Gasteiger partial charge in [-0.3, -0.25) is 4.79 Å². The number of H-pyrrole nitrogens is 1. The highest BCUT2D eigenvalue weighted by Gasteiger charge is 2.28. The van der Waals surface area contributed by atoms with Crippen molar-refractivity contribution in [1.82, 2.24) is 34.7 Å². The molecule has 0 aliphatic carbocycles. The second kappa shape index (κ2) is 8.07. The van der Waals surface area contributed by atoms with Crippen LogP contribution < -0.4 is 5.56 Å². The van der Waals surface area contributed by atoms with Crippen LogP contribution in [0.4, 0.5) is 0 Å². The molecule has 34 heavy (non-hydrogen) atoms. The molecule has 5 aromatic rings. The van der Waals surface area contributed by atoms with E-state index in [1.807, 2.05) is 53.2 Å². The standard InChI is InChI=1S/C25H19ClN7O/c1-15-2-4-16(5-3-15)21-13-27-25(29-21)23-9-7-19-10-17(11-24(34)33(19)23)20-12-18(26)6-8-22(20)32-14-28-30-31-32/h2-6,8,10-14,23H,1,7,9H2,(H,27,29)/t23-/m0/s1. The Hall–Kier alpha value is -4.04. The Kier molecular flexibility index (Phi) is 4.88. The summed E-state index contributed by atoms with van der Waals surface area (Å²) in [5.41, 5.74) is 6.08. The number of hydrogen-bond donors (Lipinski definition) is 1. The van der Waals surface area contributed by atoms with Gasteiger partial charge in [0.25, 0.3) is 5.56 Å². The van der Waals surface area contributed by atoms with Crippen molar-refractivity contribution in [2.75, 3.05) is 0 Å². The van der Waals surface area contributed by atoms with Gasteiger partial charge in [0.1, 0.15) is 12.2 Å². The number of aryl methyl sites for hydroxylation is 1. The van der Waals surface area contributed by atoms with Crippen LogP contribution in [0.2, 0.25) is 5.02 Å². The van der Waals surface area contributed by atoms with Crippen molar-refractivity contribution in [2.24, 2.45) is 0 Å². The van der Waals surface area contributed by atoms with Gasteiger partial charge >= 0.3 is 0 Å². The van der Waals surface area contributed by atoms with Gasteiger partial charge < -0.3 is 9.55 Å². The van der Waals surface area contributed by atoms with E-state index in [9.17, 15) is 4.79 Å². The molecule has 0 saturated heterocycles. The van der Waals surface area contributed by atoms with E-state index in [4.69, 9.17) is 11.6 Å². The number of imidazole rings is 1. The SMILES string of the molecule is [CH2]c1ccc(-c2cnc([C@@H]3CCc4cc(-c5cc(Cl)ccc5-n5cnnn5)cc(=O)n43)[nH]2)cc1. The van der Waals surface area contributed by atoms with Gasteiger partial charge in [-0.15, -0.1) is 5.10 Å². The lowest BCUT2D eigenvalue weighted by molar-refractivity contribution is 0.572. The number of tetrazole rings is 1. The molecule has 1 atom stereocenters. The summed E-state index contributed by atoms with van der Waals surface area (Å²) in [5.74, 6) is 0.777. The van der Waals surface area contributed by atoms with Crippen LogP contribution in [0.3, 0.4) is 0 Å². The van der Waals surface area contributed by atoms with E-state index in [1.165, 1.54) is 6.33 Å². The molecule has 2 aromatic carbocycles. The third-order valence-electron chi connectivity index (χ3n) is 6.18. The molecule has 0 spiro atoms. The molecule has 9 heteroatoms.